The molecule has 0 saturated heterocycles. The van der Waals surface area contributed by atoms with E-state index in [1.54, 1.807) is 6.08 Å². The van der Waals surface area contributed by atoms with E-state index in [2.05, 4.69) is 180 Å². The monoisotopic (exact) mass is 707 g/mol. The van der Waals surface area contributed by atoms with Gasteiger partial charge in [-0.3, -0.25) is 8.97 Å². The predicted molar refractivity (Wildman–Crippen MR) is 217 cm³/mol. The number of benzene rings is 6. The van der Waals surface area contributed by atoms with Gasteiger partial charge in [-0.15, -0.1) is 16.5 Å². The van der Waals surface area contributed by atoms with E-state index in [1.165, 1.54) is 40.5 Å². The molecule has 0 amide bonds. The standard InChI is InChI=1S/C47H37N3S2/c1-5-6-24-40-33(2)48-46-49(41-25-14-15-26-42(41)50(40)46)34-29-31-37(32-30-34)52(35-18-9-7-10-19-35,36-20-11-8-12-21-36)44-28-17-23-39-45(44)51-43-27-16-13-22-38(43)47(39,3)4/h1,6-32H,2-4H3/b24-6-. The van der Waals surface area contributed by atoms with Gasteiger partial charge in [-0.2, -0.15) is 0 Å². The van der Waals surface area contributed by atoms with E-state index >= 15 is 0 Å². The Labute approximate surface area is 311 Å². The molecule has 52 heavy (non-hydrogen) atoms. The summed E-state index contributed by atoms with van der Waals surface area (Å²) in [5, 5.41) is 0. The molecule has 8 aromatic rings. The molecule has 0 N–H and O–H groups in total. The Hall–Kier alpha value is -5.67. The summed E-state index contributed by atoms with van der Waals surface area (Å²) in [7, 11) is -1.97. The SMILES string of the molecule is C#C/C=C\c1c(C)nc2n(-c3ccc(S(c4ccccc4)(c4ccccc4)c4cccc5c4Sc4ccccc4C5(C)C)cc3)c3ccccc3n12. The van der Waals surface area contributed by atoms with Crippen molar-refractivity contribution in [2.75, 3.05) is 0 Å². The summed E-state index contributed by atoms with van der Waals surface area (Å²) in [5.74, 6) is 3.51. The van der Waals surface area contributed by atoms with Gasteiger partial charge in [0.1, 0.15) is 0 Å². The molecule has 0 unspecified atom stereocenters. The number of allylic oxidation sites excluding steroid dienone is 1. The summed E-state index contributed by atoms with van der Waals surface area (Å²) in [6, 6.07) is 56.0. The summed E-state index contributed by atoms with van der Waals surface area (Å²) >= 11 is 1.92. The number of nitrogens with zero attached hydrogens (tertiary/aromatic N) is 3. The minimum absolute atomic E-state index is 0.146. The van der Waals surface area contributed by atoms with E-state index in [4.69, 9.17) is 11.4 Å². The Kier molecular flexibility index (Phi) is 7.77. The third-order valence-electron chi connectivity index (χ3n) is 10.4. The molecule has 0 aliphatic carbocycles. The molecule has 9 rings (SSSR count). The number of aromatic nitrogens is 3. The normalized spacial score (nSPS) is 14.0. The van der Waals surface area contributed by atoms with E-state index in [9.17, 15) is 0 Å². The van der Waals surface area contributed by atoms with E-state index in [0.29, 0.717) is 0 Å². The van der Waals surface area contributed by atoms with Gasteiger partial charge < -0.3 is 0 Å². The minimum atomic E-state index is -1.97. The summed E-state index contributed by atoms with van der Waals surface area (Å²) in [4.78, 5) is 13.0. The van der Waals surface area contributed by atoms with E-state index < -0.39 is 10.0 Å². The quantitative estimate of drug-likeness (QED) is 0.161. The Morgan fingerprint density at radius 1 is 0.673 bits per heavy atom. The number of terminal acetylenes is 1. The maximum atomic E-state index is 5.62. The molecule has 3 nitrogen and oxygen atoms in total. The molecule has 0 atom stereocenters. The summed E-state index contributed by atoms with van der Waals surface area (Å²) in [6.45, 7) is 6.79. The lowest BCUT2D eigenvalue weighted by molar-refractivity contribution is 0.602. The van der Waals surface area contributed by atoms with Crippen molar-refractivity contribution < 1.29 is 0 Å². The predicted octanol–water partition coefficient (Wildman–Crippen LogP) is 12.4. The highest BCUT2D eigenvalue weighted by atomic mass is 32.3. The highest BCUT2D eigenvalue weighted by Gasteiger charge is 2.40. The fourth-order valence-electron chi connectivity index (χ4n) is 7.96. The average molecular weight is 708 g/mol. The number of para-hydroxylation sites is 2. The molecule has 3 heterocycles. The molecular weight excluding hydrogens is 671 g/mol. The van der Waals surface area contributed by atoms with Crippen LogP contribution in [0.5, 0.6) is 0 Å². The molecule has 0 bridgehead atoms. The molecule has 5 heteroatoms. The summed E-state index contributed by atoms with van der Waals surface area (Å²) < 4.78 is 4.48. The Balaban J connectivity index is 1.32. The van der Waals surface area contributed by atoms with E-state index in [1.807, 2.05) is 24.8 Å². The first-order valence-corrected chi connectivity index (χ1v) is 20.0. The van der Waals surface area contributed by atoms with Gasteiger partial charge in [0, 0.05) is 40.5 Å². The Morgan fingerprint density at radius 3 is 1.96 bits per heavy atom. The molecule has 1 aliphatic rings. The third-order valence-corrected chi connectivity index (χ3v) is 15.7. The van der Waals surface area contributed by atoms with Gasteiger partial charge in [0.25, 0.3) is 0 Å². The lowest BCUT2D eigenvalue weighted by atomic mass is 9.78. The summed E-state index contributed by atoms with van der Waals surface area (Å²) in [6.07, 6.45) is 9.34. The molecule has 0 fully saturated rings. The largest absolute Gasteiger partial charge is 0.278 e. The van der Waals surface area contributed by atoms with Gasteiger partial charge in [0.2, 0.25) is 5.78 Å². The first-order valence-electron chi connectivity index (χ1n) is 17.5. The van der Waals surface area contributed by atoms with Crippen molar-refractivity contribution in [2.24, 2.45) is 0 Å². The van der Waals surface area contributed by atoms with Crippen LogP contribution in [0.2, 0.25) is 0 Å². The van der Waals surface area contributed by atoms with Crippen LogP contribution in [-0.2, 0) is 5.41 Å². The van der Waals surface area contributed by atoms with Crippen LogP contribution in [0.15, 0.2) is 187 Å². The van der Waals surface area contributed by atoms with Gasteiger partial charge in [0.05, 0.1) is 22.4 Å². The second kappa shape index (κ2) is 12.5. The zero-order valence-electron chi connectivity index (χ0n) is 29.3. The van der Waals surface area contributed by atoms with Crippen molar-refractivity contribution in [3.63, 3.8) is 0 Å². The average Bonchev–Trinajstić information content (AvgIpc) is 3.67. The fourth-order valence-corrected chi connectivity index (χ4v) is 13.8. The van der Waals surface area contributed by atoms with E-state index in [-0.39, 0.29) is 5.41 Å². The van der Waals surface area contributed by atoms with Crippen molar-refractivity contribution in [1.29, 1.82) is 0 Å². The maximum absolute atomic E-state index is 5.62. The second-order valence-electron chi connectivity index (χ2n) is 13.6. The molecular formula is C47H37N3S2. The Morgan fingerprint density at radius 2 is 1.27 bits per heavy atom. The molecule has 0 spiro atoms. The van der Waals surface area contributed by atoms with Crippen LogP contribution in [0.3, 0.4) is 0 Å². The lowest BCUT2D eigenvalue weighted by Gasteiger charge is -2.45. The van der Waals surface area contributed by atoms with Gasteiger partial charge in [0.15, 0.2) is 0 Å². The number of rotatable bonds is 6. The van der Waals surface area contributed by atoms with Gasteiger partial charge >= 0.3 is 0 Å². The highest BCUT2D eigenvalue weighted by molar-refractivity contribution is 8.34. The maximum Gasteiger partial charge on any atom is 0.220 e. The molecule has 252 valence electrons. The van der Waals surface area contributed by atoms with Crippen LogP contribution in [0.4, 0.5) is 0 Å². The van der Waals surface area contributed by atoms with Crippen LogP contribution >= 0.6 is 21.8 Å². The van der Waals surface area contributed by atoms with Crippen molar-refractivity contribution >= 4 is 44.7 Å². The van der Waals surface area contributed by atoms with E-state index in [0.717, 1.165) is 33.9 Å². The highest BCUT2D eigenvalue weighted by Crippen LogP contribution is 2.76. The first kappa shape index (κ1) is 32.3. The fraction of sp³-hybridized carbons (Fsp3) is 0.0851. The number of fused-ring (bicyclic) bond motifs is 5. The smallest absolute Gasteiger partial charge is 0.220 e. The number of imidazole rings is 2. The van der Waals surface area contributed by atoms with Crippen molar-refractivity contribution in [2.45, 2.75) is 55.6 Å². The van der Waals surface area contributed by atoms with Crippen LogP contribution in [0, 0.1) is 19.3 Å². The van der Waals surface area contributed by atoms with Gasteiger partial charge in [-0.05, 0) is 103 Å². The number of hydrogen-bond acceptors (Lipinski definition) is 2. The van der Waals surface area contributed by atoms with Crippen LogP contribution < -0.4 is 0 Å². The van der Waals surface area contributed by atoms with Gasteiger partial charge in [-0.1, -0.05) is 110 Å². The number of hydrogen-bond donors (Lipinski definition) is 0. The molecule has 0 saturated carbocycles. The van der Waals surface area contributed by atoms with Crippen LogP contribution in [0.25, 0.3) is 28.6 Å². The first-order chi connectivity index (χ1) is 25.4. The van der Waals surface area contributed by atoms with Crippen LogP contribution in [0.1, 0.15) is 36.4 Å². The molecule has 1 aliphatic heterocycles. The van der Waals surface area contributed by atoms with Crippen molar-refractivity contribution in [3.8, 4) is 18.0 Å². The lowest BCUT2D eigenvalue weighted by Crippen LogP contribution is -2.24. The van der Waals surface area contributed by atoms with Crippen LogP contribution in [-0.4, -0.2) is 14.0 Å². The topological polar surface area (TPSA) is 22.2 Å². The van der Waals surface area contributed by atoms with Crippen molar-refractivity contribution in [1.82, 2.24) is 14.0 Å². The zero-order valence-corrected chi connectivity index (χ0v) is 31.0. The molecule has 6 aromatic carbocycles. The molecule has 0 radical (unpaired) electrons. The number of aryl methyl sites for hydroxylation is 1. The third kappa shape index (κ3) is 4.75. The Bertz CT molecular complexity index is 2650. The zero-order chi connectivity index (χ0) is 35.5. The summed E-state index contributed by atoms with van der Waals surface area (Å²) in [5.41, 5.74) is 7.77. The van der Waals surface area contributed by atoms with Gasteiger partial charge in [-0.25, -0.2) is 4.98 Å². The minimum Gasteiger partial charge on any atom is -0.278 e. The van der Waals surface area contributed by atoms with Crippen molar-refractivity contribution in [3.05, 3.63) is 180 Å². The molecule has 2 aromatic heterocycles. The second-order valence-corrected chi connectivity index (χ2v) is 17.8.